The topological polar surface area (TPSA) is 60.7 Å². The van der Waals surface area contributed by atoms with Crippen molar-refractivity contribution in [3.05, 3.63) is 17.5 Å². The van der Waals surface area contributed by atoms with Crippen molar-refractivity contribution in [3.8, 4) is 0 Å². The van der Waals surface area contributed by atoms with E-state index < -0.39 is 0 Å². The van der Waals surface area contributed by atoms with Crippen LogP contribution < -0.4 is 0 Å². The quantitative estimate of drug-likeness (QED) is 0.514. The molecular weight excluding hydrogens is 408 g/mol. The predicted octanol–water partition coefficient (Wildman–Crippen LogP) is 6.14. The van der Waals surface area contributed by atoms with Crippen LogP contribution in [-0.2, 0) is 16.8 Å². The number of fused-ring (bicyclic) bond motifs is 5. The number of aryl methyl sites for hydroxylation is 1. The first-order valence-electron chi connectivity index (χ1n) is 13.5. The van der Waals surface area contributed by atoms with Crippen molar-refractivity contribution < 1.29 is 4.79 Å². The third kappa shape index (κ3) is 3.82. The minimum atomic E-state index is -0.114. The van der Waals surface area contributed by atoms with Gasteiger partial charge in [0.2, 0.25) is 0 Å². The first-order chi connectivity index (χ1) is 15.5. The SMILES string of the molecule is C[C@H](CCc1nnn(C(C)(C)C)n1)[C@H]1CC[C@H]2C3=CC[C@H]4CC(=O)CC[C@]4(C)C3CC[C@]12C. The first-order valence-corrected chi connectivity index (χ1v) is 13.5. The summed E-state index contributed by atoms with van der Waals surface area (Å²) < 4.78 is 0. The smallest absolute Gasteiger partial charge is 0.174 e. The summed E-state index contributed by atoms with van der Waals surface area (Å²) >= 11 is 0. The van der Waals surface area contributed by atoms with Gasteiger partial charge in [0.25, 0.3) is 0 Å². The number of tetrazole rings is 1. The summed E-state index contributed by atoms with van der Waals surface area (Å²) in [6.45, 7) is 13.9. The van der Waals surface area contributed by atoms with Gasteiger partial charge in [0.15, 0.2) is 5.82 Å². The minimum absolute atomic E-state index is 0.114. The Morgan fingerprint density at radius 3 is 2.61 bits per heavy atom. The van der Waals surface area contributed by atoms with E-state index in [0.717, 1.165) is 56.2 Å². The molecule has 5 nitrogen and oxygen atoms in total. The molecule has 3 saturated carbocycles. The van der Waals surface area contributed by atoms with E-state index in [1.54, 1.807) is 10.4 Å². The van der Waals surface area contributed by atoms with Gasteiger partial charge in [-0.25, -0.2) is 0 Å². The van der Waals surface area contributed by atoms with E-state index in [2.05, 4.69) is 63.0 Å². The number of carbonyl (C=O) groups excluding carboxylic acids is 1. The van der Waals surface area contributed by atoms with Crippen molar-refractivity contribution in [1.82, 2.24) is 20.2 Å². The highest BCUT2D eigenvalue weighted by Gasteiger charge is 2.58. The number of aromatic nitrogens is 4. The van der Waals surface area contributed by atoms with Crippen LogP contribution in [-0.4, -0.2) is 26.0 Å². The number of hydrogen-bond acceptors (Lipinski definition) is 4. The van der Waals surface area contributed by atoms with E-state index in [1.807, 2.05) is 0 Å². The van der Waals surface area contributed by atoms with Crippen LogP contribution in [0.4, 0.5) is 0 Å². The van der Waals surface area contributed by atoms with Gasteiger partial charge in [-0.05, 0) is 111 Å². The van der Waals surface area contributed by atoms with Crippen LogP contribution in [0.1, 0.15) is 105 Å². The number of ketones is 1. The average Bonchev–Trinajstić information content (AvgIpc) is 3.37. The van der Waals surface area contributed by atoms with Crippen LogP contribution in [0, 0.1) is 40.4 Å². The largest absolute Gasteiger partial charge is 0.300 e. The summed E-state index contributed by atoms with van der Waals surface area (Å²) in [5.74, 6) is 4.90. The highest BCUT2D eigenvalue weighted by atomic mass is 16.1. The molecule has 5 rings (SSSR count). The number of rotatable bonds is 4. The molecular formula is C28H44N4O. The molecule has 3 fully saturated rings. The monoisotopic (exact) mass is 452 g/mol. The molecule has 0 amide bonds. The van der Waals surface area contributed by atoms with Crippen molar-refractivity contribution in [2.45, 2.75) is 111 Å². The molecule has 0 spiro atoms. The number of hydrogen-bond donors (Lipinski definition) is 0. The number of nitrogens with zero attached hydrogens (tertiary/aromatic N) is 4. The normalized spacial score (nSPS) is 39.5. The summed E-state index contributed by atoms with van der Waals surface area (Å²) in [5.41, 5.74) is 2.46. The molecule has 4 aliphatic rings. The highest BCUT2D eigenvalue weighted by Crippen LogP contribution is 2.66. The molecule has 5 heteroatoms. The average molecular weight is 453 g/mol. The third-order valence-corrected chi connectivity index (χ3v) is 10.5. The fraction of sp³-hybridized carbons (Fsp3) is 0.857. The lowest BCUT2D eigenvalue weighted by Crippen LogP contribution is -2.49. The molecule has 0 bridgehead atoms. The summed E-state index contributed by atoms with van der Waals surface area (Å²) in [5, 5.41) is 13.3. The predicted molar refractivity (Wildman–Crippen MR) is 130 cm³/mol. The van der Waals surface area contributed by atoms with Crippen molar-refractivity contribution >= 4 is 5.78 Å². The Bertz CT molecular complexity index is 942. The maximum Gasteiger partial charge on any atom is 0.174 e. The van der Waals surface area contributed by atoms with E-state index in [0.29, 0.717) is 34.4 Å². The fourth-order valence-electron chi connectivity index (χ4n) is 8.46. The summed E-state index contributed by atoms with van der Waals surface area (Å²) in [4.78, 5) is 13.9. The van der Waals surface area contributed by atoms with Crippen LogP contribution in [0.15, 0.2) is 11.6 Å². The molecule has 1 heterocycles. The molecule has 0 saturated heterocycles. The van der Waals surface area contributed by atoms with Gasteiger partial charge in [0.05, 0.1) is 5.54 Å². The van der Waals surface area contributed by atoms with E-state index in [9.17, 15) is 4.79 Å². The maximum absolute atomic E-state index is 12.2. The van der Waals surface area contributed by atoms with E-state index >= 15 is 0 Å². The first kappa shape index (κ1) is 23.2. The molecule has 33 heavy (non-hydrogen) atoms. The van der Waals surface area contributed by atoms with Gasteiger partial charge in [-0.15, -0.1) is 10.2 Å². The van der Waals surface area contributed by atoms with Crippen molar-refractivity contribution in [3.63, 3.8) is 0 Å². The highest BCUT2D eigenvalue weighted by molar-refractivity contribution is 5.79. The lowest BCUT2D eigenvalue weighted by molar-refractivity contribution is -0.127. The molecule has 1 aromatic rings. The number of carbonyl (C=O) groups is 1. The van der Waals surface area contributed by atoms with Crippen LogP contribution in [0.2, 0.25) is 0 Å². The molecule has 0 radical (unpaired) electrons. The van der Waals surface area contributed by atoms with Crippen LogP contribution in [0.25, 0.3) is 0 Å². The van der Waals surface area contributed by atoms with E-state index in [4.69, 9.17) is 0 Å². The second-order valence-corrected chi connectivity index (χ2v) is 13.4. The zero-order valence-corrected chi connectivity index (χ0v) is 21.7. The molecule has 182 valence electrons. The van der Waals surface area contributed by atoms with Crippen molar-refractivity contribution in [2.75, 3.05) is 0 Å². The zero-order valence-electron chi connectivity index (χ0n) is 21.7. The lowest BCUT2D eigenvalue weighted by Gasteiger charge is -2.57. The second-order valence-electron chi connectivity index (χ2n) is 13.4. The standard InChI is InChI=1S/C28H44N4O/c1-18(7-12-25-29-31-32(30-25)26(2,3)4)22-10-11-23-21-9-8-19-17-20(33)13-15-27(19,5)24(21)14-16-28(22,23)6/h9,18-19,22-24H,7-8,10-17H2,1-6H3/t18-,19+,22-,23+,24?,27+,28-/m1/s1. The Labute approximate surface area is 200 Å². The summed E-state index contributed by atoms with van der Waals surface area (Å²) in [6, 6.07) is 0. The van der Waals surface area contributed by atoms with Gasteiger partial charge in [0, 0.05) is 19.3 Å². The Morgan fingerprint density at radius 1 is 1.12 bits per heavy atom. The zero-order chi connectivity index (χ0) is 23.6. The van der Waals surface area contributed by atoms with Gasteiger partial charge in [-0.3, -0.25) is 4.79 Å². The third-order valence-electron chi connectivity index (χ3n) is 10.5. The van der Waals surface area contributed by atoms with Crippen LogP contribution in [0.3, 0.4) is 0 Å². The molecule has 0 aromatic carbocycles. The molecule has 0 aliphatic heterocycles. The Morgan fingerprint density at radius 2 is 1.88 bits per heavy atom. The van der Waals surface area contributed by atoms with Crippen molar-refractivity contribution in [1.29, 1.82) is 0 Å². The maximum atomic E-state index is 12.2. The minimum Gasteiger partial charge on any atom is -0.300 e. The van der Waals surface area contributed by atoms with Gasteiger partial charge >= 0.3 is 0 Å². The Kier molecular flexibility index (Phi) is 5.64. The Hall–Kier alpha value is -1.52. The van der Waals surface area contributed by atoms with Gasteiger partial charge < -0.3 is 0 Å². The second kappa shape index (κ2) is 8.02. The summed E-state index contributed by atoms with van der Waals surface area (Å²) in [7, 11) is 0. The van der Waals surface area contributed by atoms with E-state index in [1.165, 1.54) is 25.7 Å². The van der Waals surface area contributed by atoms with Gasteiger partial charge in [0.1, 0.15) is 5.78 Å². The Balaban J connectivity index is 1.29. The lowest BCUT2D eigenvalue weighted by atomic mass is 9.47. The number of Topliss-reactive ketones (excluding diaryl/α,β-unsaturated/α-hetero) is 1. The molecule has 0 N–H and O–H groups in total. The van der Waals surface area contributed by atoms with Crippen molar-refractivity contribution in [2.24, 2.45) is 40.4 Å². The van der Waals surface area contributed by atoms with Crippen LogP contribution >= 0.6 is 0 Å². The molecule has 1 unspecified atom stereocenters. The molecule has 7 atom stereocenters. The van der Waals surface area contributed by atoms with Gasteiger partial charge in [-0.2, -0.15) is 4.80 Å². The molecule has 1 aromatic heterocycles. The fourth-order valence-corrected chi connectivity index (χ4v) is 8.46. The van der Waals surface area contributed by atoms with E-state index in [-0.39, 0.29) is 5.54 Å². The summed E-state index contributed by atoms with van der Waals surface area (Å²) in [6.07, 6.45) is 14.0. The van der Waals surface area contributed by atoms with Crippen LogP contribution in [0.5, 0.6) is 0 Å². The van der Waals surface area contributed by atoms with Gasteiger partial charge in [-0.1, -0.05) is 32.4 Å². The molecule has 4 aliphatic carbocycles. The number of allylic oxidation sites excluding steroid dienone is 2.